The lowest BCUT2D eigenvalue weighted by Crippen LogP contribution is -2.31. The van der Waals surface area contributed by atoms with Gasteiger partial charge in [0.2, 0.25) is 0 Å². The molecule has 0 radical (unpaired) electrons. The van der Waals surface area contributed by atoms with E-state index in [0.29, 0.717) is 12.6 Å². The van der Waals surface area contributed by atoms with E-state index in [4.69, 9.17) is 4.74 Å². The summed E-state index contributed by atoms with van der Waals surface area (Å²) in [4.78, 5) is 12.1. The van der Waals surface area contributed by atoms with Crippen molar-refractivity contribution in [1.82, 2.24) is 9.78 Å². The Hall–Kier alpha value is -1.36. The summed E-state index contributed by atoms with van der Waals surface area (Å²) in [6.07, 6.45) is 8.96. The van der Waals surface area contributed by atoms with Crippen molar-refractivity contribution in [2.24, 2.45) is 0 Å². The summed E-state index contributed by atoms with van der Waals surface area (Å²) in [5.41, 5.74) is 0.843. The van der Waals surface area contributed by atoms with Crippen LogP contribution in [0.25, 0.3) is 0 Å². The summed E-state index contributed by atoms with van der Waals surface area (Å²) in [5.74, 6) is 0. The van der Waals surface area contributed by atoms with Gasteiger partial charge in [0.1, 0.15) is 0 Å². The lowest BCUT2D eigenvalue weighted by molar-refractivity contribution is -0.0433. The molecule has 1 spiro atoms. The van der Waals surface area contributed by atoms with Crippen LogP contribution in [0.1, 0.15) is 52.4 Å². The number of nitrogens with zero attached hydrogens (tertiary/aromatic N) is 2. The summed E-state index contributed by atoms with van der Waals surface area (Å²) < 4.78 is 7.78. The molecule has 3 rings (SSSR count). The number of anilines is 1. The first-order chi connectivity index (χ1) is 10.1. The lowest BCUT2D eigenvalue weighted by Gasteiger charge is -2.23. The molecule has 0 aromatic carbocycles. The summed E-state index contributed by atoms with van der Waals surface area (Å²) in [7, 11) is 0. The Labute approximate surface area is 125 Å². The van der Waals surface area contributed by atoms with Crippen LogP contribution in [-0.4, -0.2) is 27.5 Å². The Morgan fingerprint density at radius 1 is 1.43 bits per heavy atom. The van der Waals surface area contributed by atoms with Crippen LogP contribution < -0.4 is 10.9 Å². The third kappa shape index (κ3) is 3.28. The molecule has 2 heterocycles. The van der Waals surface area contributed by atoms with Crippen LogP contribution >= 0.6 is 0 Å². The van der Waals surface area contributed by atoms with E-state index in [1.165, 1.54) is 30.4 Å². The van der Waals surface area contributed by atoms with E-state index < -0.39 is 0 Å². The molecule has 21 heavy (non-hydrogen) atoms. The third-order valence-corrected chi connectivity index (χ3v) is 4.55. The highest BCUT2D eigenvalue weighted by molar-refractivity contribution is 5.39. The second-order valence-corrected chi connectivity index (χ2v) is 6.73. The molecule has 1 saturated carbocycles. The molecule has 1 saturated heterocycles. The zero-order valence-electron chi connectivity index (χ0n) is 13.0. The van der Waals surface area contributed by atoms with Crippen molar-refractivity contribution < 1.29 is 4.74 Å². The van der Waals surface area contributed by atoms with Crippen LogP contribution in [0.15, 0.2) is 17.1 Å². The molecule has 116 valence electrons. The number of rotatable bonds is 4. The molecule has 2 fully saturated rings. The third-order valence-electron chi connectivity index (χ3n) is 4.55. The van der Waals surface area contributed by atoms with Gasteiger partial charge in [0.05, 0.1) is 30.1 Å². The highest BCUT2D eigenvalue weighted by Gasteiger charge is 2.42. The van der Waals surface area contributed by atoms with Crippen LogP contribution in [0, 0.1) is 0 Å². The highest BCUT2D eigenvalue weighted by atomic mass is 16.5. The van der Waals surface area contributed by atoms with Crippen molar-refractivity contribution in [3.05, 3.63) is 22.6 Å². The average Bonchev–Trinajstić information content (AvgIpc) is 3.03. The van der Waals surface area contributed by atoms with Gasteiger partial charge in [-0.05, 0) is 39.5 Å². The molecule has 1 aliphatic carbocycles. The molecule has 0 bridgehead atoms. The predicted molar refractivity (Wildman–Crippen MR) is 82.6 cm³/mol. The monoisotopic (exact) mass is 291 g/mol. The summed E-state index contributed by atoms with van der Waals surface area (Å²) in [5, 5.41) is 7.47. The van der Waals surface area contributed by atoms with Crippen molar-refractivity contribution in [3.8, 4) is 0 Å². The standard InChI is InChI=1S/C16H25N3O2/c1-12(2)18-13-9-15(20)19(17-10-13)11-14-5-8-16(21-14)6-3-4-7-16/h9-10,12,14,18H,3-8,11H2,1-2H3. The minimum atomic E-state index is -0.0587. The van der Waals surface area contributed by atoms with Crippen molar-refractivity contribution in [2.75, 3.05) is 5.32 Å². The topological polar surface area (TPSA) is 56.1 Å². The first-order valence-corrected chi connectivity index (χ1v) is 8.08. The number of aromatic nitrogens is 2. The number of hydrogen-bond acceptors (Lipinski definition) is 4. The fraction of sp³-hybridized carbons (Fsp3) is 0.750. The Balaban J connectivity index is 1.64. The van der Waals surface area contributed by atoms with E-state index in [9.17, 15) is 4.79 Å². The van der Waals surface area contributed by atoms with Gasteiger partial charge in [-0.1, -0.05) is 12.8 Å². The van der Waals surface area contributed by atoms with Gasteiger partial charge in [-0.15, -0.1) is 0 Å². The first-order valence-electron chi connectivity index (χ1n) is 8.08. The largest absolute Gasteiger partial charge is 0.381 e. The molecule has 1 aromatic heterocycles. The van der Waals surface area contributed by atoms with Gasteiger partial charge in [-0.2, -0.15) is 5.10 Å². The van der Waals surface area contributed by atoms with Crippen molar-refractivity contribution >= 4 is 5.69 Å². The van der Waals surface area contributed by atoms with Crippen molar-refractivity contribution in [2.45, 2.75) is 76.7 Å². The Morgan fingerprint density at radius 3 is 2.86 bits per heavy atom. The molecule has 1 unspecified atom stereocenters. The van der Waals surface area contributed by atoms with Crippen LogP contribution in [-0.2, 0) is 11.3 Å². The maximum atomic E-state index is 12.1. The molecule has 0 amide bonds. The van der Waals surface area contributed by atoms with E-state index in [2.05, 4.69) is 10.4 Å². The zero-order chi connectivity index (χ0) is 14.9. The normalized spacial score (nSPS) is 24.0. The predicted octanol–water partition coefficient (Wildman–Crippen LogP) is 2.56. The van der Waals surface area contributed by atoms with Crippen LogP contribution in [0.4, 0.5) is 5.69 Å². The number of nitrogens with one attached hydrogen (secondary N) is 1. The van der Waals surface area contributed by atoms with E-state index in [0.717, 1.165) is 18.5 Å². The molecule has 5 heteroatoms. The van der Waals surface area contributed by atoms with Crippen molar-refractivity contribution in [3.63, 3.8) is 0 Å². The second kappa shape index (κ2) is 5.79. The molecule has 5 nitrogen and oxygen atoms in total. The molecule has 1 aromatic rings. The highest BCUT2D eigenvalue weighted by Crippen LogP contribution is 2.43. The summed E-state index contributed by atoms with van der Waals surface area (Å²) >= 11 is 0. The van der Waals surface area contributed by atoms with Gasteiger partial charge in [0, 0.05) is 12.1 Å². The summed E-state index contributed by atoms with van der Waals surface area (Å²) in [6.45, 7) is 4.65. The minimum absolute atomic E-state index is 0.0587. The van der Waals surface area contributed by atoms with E-state index in [-0.39, 0.29) is 17.3 Å². The number of hydrogen-bond donors (Lipinski definition) is 1. The van der Waals surface area contributed by atoms with E-state index >= 15 is 0 Å². The van der Waals surface area contributed by atoms with Gasteiger partial charge in [-0.25, -0.2) is 4.68 Å². The summed E-state index contributed by atoms with van der Waals surface area (Å²) in [6, 6.07) is 1.91. The average molecular weight is 291 g/mol. The second-order valence-electron chi connectivity index (χ2n) is 6.73. The Morgan fingerprint density at radius 2 is 2.19 bits per heavy atom. The molecule has 2 aliphatic rings. The van der Waals surface area contributed by atoms with Gasteiger partial charge < -0.3 is 10.1 Å². The lowest BCUT2D eigenvalue weighted by atomic mass is 9.98. The van der Waals surface area contributed by atoms with Gasteiger partial charge in [0.25, 0.3) is 5.56 Å². The first kappa shape index (κ1) is 14.6. The smallest absolute Gasteiger partial charge is 0.268 e. The maximum Gasteiger partial charge on any atom is 0.268 e. The molecule has 1 aliphatic heterocycles. The zero-order valence-corrected chi connectivity index (χ0v) is 13.0. The SMILES string of the molecule is CC(C)Nc1cnn(CC2CCC3(CCCC3)O2)c(=O)c1. The maximum absolute atomic E-state index is 12.1. The van der Waals surface area contributed by atoms with Crippen LogP contribution in [0.3, 0.4) is 0 Å². The van der Waals surface area contributed by atoms with Gasteiger partial charge >= 0.3 is 0 Å². The Kier molecular flexibility index (Phi) is 4.02. The quantitative estimate of drug-likeness (QED) is 0.926. The van der Waals surface area contributed by atoms with Gasteiger partial charge in [0.15, 0.2) is 0 Å². The van der Waals surface area contributed by atoms with Crippen LogP contribution in [0.2, 0.25) is 0 Å². The Bertz CT molecular complexity index is 547. The van der Waals surface area contributed by atoms with Gasteiger partial charge in [-0.3, -0.25) is 4.79 Å². The van der Waals surface area contributed by atoms with Crippen molar-refractivity contribution in [1.29, 1.82) is 0 Å². The molecule has 1 atom stereocenters. The minimum Gasteiger partial charge on any atom is -0.381 e. The molecular weight excluding hydrogens is 266 g/mol. The fourth-order valence-corrected chi connectivity index (χ4v) is 3.59. The number of ether oxygens (including phenoxy) is 1. The van der Waals surface area contributed by atoms with E-state index in [1.807, 2.05) is 13.8 Å². The molecule has 1 N–H and O–H groups in total. The molecular formula is C16H25N3O2. The van der Waals surface area contributed by atoms with Crippen LogP contribution in [0.5, 0.6) is 0 Å². The van der Waals surface area contributed by atoms with E-state index in [1.54, 1.807) is 12.3 Å². The fourth-order valence-electron chi connectivity index (χ4n) is 3.59.